The summed E-state index contributed by atoms with van der Waals surface area (Å²) in [7, 11) is 33.9. The van der Waals surface area contributed by atoms with Gasteiger partial charge in [-0.05, 0) is 60.8 Å². The summed E-state index contributed by atoms with van der Waals surface area (Å²) in [6.07, 6.45) is -0.833. The zero-order valence-corrected chi connectivity index (χ0v) is 75.7. The number of hydrogen-bond acceptors (Lipinski definition) is 20. The van der Waals surface area contributed by atoms with Crippen LogP contribution in [0, 0.1) is 32.0 Å². The number of anilines is 8. The summed E-state index contributed by atoms with van der Waals surface area (Å²) in [5.74, 6) is 0. The van der Waals surface area contributed by atoms with E-state index in [9.17, 15) is 0 Å². The SMILES string of the molecule is CC(O)CC(C)O.CC(O)CC(C)O.CC(O)CC(C)O.CN(C)B1B(N(C)C)N(c2ccc(C(C)(C)C)cc2)[C](=[Pd])N1c1[c-]cc(C(C)(C)C)cc1.CN(C)B1B(N(C)C)N(c2ccc(N(C)C)cc2)[C](=[Pd])N1c1[c-]cc(N(C)C)cc1.Cc1c[c-]c(N2B(N(C)C)B(N(C)C)N(c3ccc(C)cc3)[C]2=[Pd])cc1. The number of hydrogen-bond donors (Lipinski definition) is 6. The van der Waals surface area contributed by atoms with E-state index in [1.165, 1.54) is 39.3 Å². The van der Waals surface area contributed by atoms with Crippen LogP contribution in [0.5, 0.6) is 0 Å². The van der Waals surface area contributed by atoms with Gasteiger partial charge in [0.1, 0.15) is 0 Å². The Morgan fingerprint density at radius 3 is 0.780 bits per heavy atom. The van der Waals surface area contributed by atoms with Crippen LogP contribution >= 0.6 is 0 Å². The number of aryl methyl sites for hydroxylation is 2. The molecule has 3 saturated heterocycles. The Labute approximate surface area is 692 Å². The number of benzene rings is 6. The van der Waals surface area contributed by atoms with Gasteiger partial charge < -0.3 is 30.6 Å². The van der Waals surface area contributed by atoms with Gasteiger partial charge in [-0.3, -0.25) is 0 Å². The average molecular weight is 1770 g/mol. The van der Waals surface area contributed by atoms with Crippen molar-refractivity contribution in [2.45, 2.75) is 164 Å². The summed E-state index contributed by atoms with van der Waals surface area (Å²) in [6.45, 7) is 28.4. The zero-order chi connectivity index (χ0) is 82.8. The Morgan fingerprint density at radius 1 is 0.312 bits per heavy atom. The van der Waals surface area contributed by atoms with Gasteiger partial charge in [-0.2, -0.15) is 0 Å². The molecule has 6 unspecified atom stereocenters. The molecule has 3 aliphatic heterocycles. The molecule has 3 fully saturated rings. The van der Waals surface area contributed by atoms with E-state index in [1.54, 1.807) is 41.5 Å². The molecule has 20 nitrogen and oxygen atoms in total. The summed E-state index contributed by atoms with van der Waals surface area (Å²) in [6, 6.07) is 56.1. The average Bonchev–Trinajstić information content (AvgIpc) is 1.61. The zero-order valence-electron chi connectivity index (χ0n) is 71.1. The molecular weight excluding hydrogens is 1640 g/mol. The topological polar surface area (TPSA) is 167 Å². The van der Waals surface area contributed by atoms with Crippen LogP contribution in [-0.4, -0.2) is 263 Å². The Bertz CT molecular complexity index is 3440. The van der Waals surface area contributed by atoms with E-state index in [0.717, 1.165) is 41.1 Å². The third-order valence-corrected chi connectivity index (χ3v) is 20.6. The second kappa shape index (κ2) is 43.6. The quantitative estimate of drug-likeness (QED) is 0.0317. The van der Waals surface area contributed by atoms with E-state index < -0.39 is 0 Å². The van der Waals surface area contributed by atoms with Gasteiger partial charge in [-0.15, -0.1) is 0 Å². The first-order valence-electron chi connectivity index (χ1n) is 37.5. The van der Waals surface area contributed by atoms with Crippen LogP contribution in [0.1, 0.15) is 125 Å². The number of aliphatic hydroxyl groups is 6. The molecule has 606 valence electrons. The summed E-state index contributed by atoms with van der Waals surface area (Å²) in [5.41, 5.74) is 14.4. The molecule has 29 heteroatoms. The Balaban J connectivity index is 0.000000305. The summed E-state index contributed by atoms with van der Waals surface area (Å²) < 4.78 is 3.17. The van der Waals surface area contributed by atoms with Gasteiger partial charge in [-0.25, -0.2) is 0 Å². The van der Waals surface area contributed by atoms with Gasteiger partial charge in [0.25, 0.3) is 0 Å². The summed E-state index contributed by atoms with van der Waals surface area (Å²) in [5, 5.41) is 51.4. The van der Waals surface area contributed by atoms with Crippen molar-refractivity contribution < 1.29 is 86.9 Å². The van der Waals surface area contributed by atoms with Crippen LogP contribution in [0.3, 0.4) is 0 Å². The van der Waals surface area contributed by atoms with Crippen molar-refractivity contribution >= 4 is 99.4 Å². The molecule has 0 saturated carbocycles. The van der Waals surface area contributed by atoms with Crippen molar-refractivity contribution in [3.8, 4) is 0 Å². The fourth-order valence-corrected chi connectivity index (χ4v) is 15.3. The second-order valence-corrected chi connectivity index (χ2v) is 34.9. The molecule has 3 aliphatic rings. The van der Waals surface area contributed by atoms with Gasteiger partial charge in [0.15, 0.2) is 0 Å². The fourth-order valence-electron chi connectivity index (χ4n) is 12.9. The van der Waals surface area contributed by atoms with E-state index in [-0.39, 0.29) is 88.7 Å². The van der Waals surface area contributed by atoms with Crippen LogP contribution in [0.4, 0.5) is 45.5 Å². The number of rotatable bonds is 20. The van der Waals surface area contributed by atoms with Crippen molar-refractivity contribution in [2.75, 3.05) is 151 Å². The van der Waals surface area contributed by atoms with Gasteiger partial charge in [-0.1, -0.05) is 0 Å². The third-order valence-electron chi connectivity index (χ3n) is 18.4. The molecule has 0 radical (unpaired) electrons. The molecule has 6 atom stereocenters. The van der Waals surface area contributed by atoms with E-state index in [1.807, 2.05) is 26.2 Å². The molecule has 6 N–H and O–H groups in total. The van der Waals surface area contributed by atoms with Crippen molar-refractivity contribution in [3.05, 3.63) is 168 Å². The first kappa shape index (κ1) is 96.6. The molecule has 0 bridgehead atoms. The standard InChI is InChI=1S/C25H37B2N4.C21H31B2N6.C19H25B2N4.3C5H12O2.3Pd/c1-24(2,3)20-11-15-22(16-12-20)30-19-31(27(29(9)10)26(30)28(7)8)23-17-13-21(14-18-23)25(4,5)6;1-24(2)18-9-13-20(14-10-18)28-17-29(23(27(7)8)22(28)26(5)6)21-15-11-19(12-16-21)25(3)4;1-16-7-11-18(12-8-16)24-15-25(19-13-9-17(2)10-14-19)21(23(5)6)20(24)22(3)4;3*1-4(6)3-5(2)7;;;/h11-17H,1-10H3;9-15H,1-8H3;7-13H,1-6H3;3*4-7H,3H2,1-2H3;;;/q3*-1;;;;;;. The molecule has 0 spiro atoms. The molecule has 9 rings (SSSR count). The van der Waals surface area contributed by atoms with Crippen LogP contribution in [0.25, 0.3) is 0 Å². The maximum atomic E-state index is 8.56. The third kappa shape index (κ3) is 27.8. The molecule has 109 heavy (non-hydrogen) atoms. The molecule has 0 amide bonds. The van der Waals surface area contributed by atoms with Crippen molar-refractivity contribution in [1.29, 1.82) is 0 Å². The molecule has 6 aromatic rings. The van der Waals surface area contributed by atoms with Gasteiger partial charge in [0.2, 0.25) is 0 Å². The van der Waals surface area contributed by atoms with Gasteiger partial charge >= 0.3 is 570 Å². The predicted molar refractivity (Wildman–Crippen MR) is 461 cm³/mol. The molecule has 0 aliphatic carbocycles. The number of nitrogens with zero attached hydrogens (tertiary/aromatic N) is 14. The van der Waals surface area contributed by atoms with E-state index in [2.05, 4.69) is 411 Å². The minimum atomic E-state index is -0.375. The van der Waals surface area contributed by atoms with Crippen LogP contribution < -0.4 is 38.7 Å². The predicted octanol–water partition coefficient (Wildman–Crippen LogP) is 8.63. The normalized spacial score (nSPS) is 15.8. The van der Waals surface area contributed by atoms with Crippen LogP contribution in [-0.2, 0) is 67.1 Å². The first-order valence-corrected chi connectivity index (χ1v) is 39.8. The number of aliphatic hydroxyl groups excluding tert-OH is 6. The molecule has 0 aromatic heterocycles. The van der Waals surface area contributed by atoms with Crippen LogP contribution in [0.15, 0.2) is 127 Å². The van der Waals surface area contributed by atoms with E-state index in [4.69, 9.17) is 30.6 Å². The maximum absolute atomic E-state index is 8.56. The van der Waals surface area contributed by atoms with Crippen molar-refractivity contribution in [3.63, 3.8) is 0 Å². The minimum absolute atomic E-state index is 0.108. The Kier molecular flexibility index (Phi) is 38.7. The second-order valence-electron chi connectivity index (χ2n) is 32.8. The van der Waals surface area contributed by atoms with E-state index >= 15 is 0 Å². The van der Waals surface area contributed by atoms with Crippen molar-refractivity contribution in [2.24, 2.45) is 0 Å². The van der Waals surface area contributed by atoms with Crippen molar-refractivity contribution in [1.82, 2.24) is 28.9 Å². The molecule has 6 aromatic carbocycles. The Morgan fingerprint density at radius 2 is 0.550 bits per heavy atom. The molecule has 3 heterocycles. The summed E-state index contributed by atoms with van der Waals surface area (Å²) >= 11 is 10.8. The van der Waals surface area contributed by atoms with E-state index in [0.29, 0.717) is 19.3 Å². The first-order chi connectivity index (χ1) is 50.5. The van der Waals surface area contributed by atoms with Gasteiger partial charge in [0, 0.05) is 0 Å². The summed E-state index contributed by atoms with van der Waals surface area (Å²) in [4.78, 5) is 32.0. The Hall–Kier alpha value is -4.77. The van der Waals surface area contributed by atoms with Gasteiger partial charge in [0.05, 0.1) is 36.6 Å². The monoisotopic (exact) mass is 1770 g/mol. The van der Waals surface area contributed by atoms with Crippen LogP contribution in [0.2, 0.25) is 0 Å². The fraction of sp³-hybridized carbons (Fsp3) is 0.512. The molecular formula is C80H129B6N14O6Pd3-3.